The van der Waals surface area contributed by atoms with E-state index >= 15 is 0 Å². The number of anilines is 2. The van der Waals surface area contributed by atoms with Crippen LogP contribution in [0.2, 0.25) is 5.02 Å². The van der Waals surface area contributed by atoms with E-state index < -0.39 is 10.0 Å². The molecule has 0 unspecified atom stereocenters. The Morgan fingerprint density at radius 1 is 1.21 bits per heavy atom. The third-order valence-corrected chi connectivity index (χ3v) is 4.41. The van der Waals surface area contributed by atoms with Crippen LogP contribution in [-0.2, 0) is 16.4 Å². The number of para-hydroxylation sites is 1. The van der Waals surface area contributed by atoms with Gasteiger partial charge < -0.3 is 5.32 Å². The van der Waals surface area contributed by atoms with Crippen molar-refractivity contribution in [1.29, 1.82) is 0 Å². The fraction of sp³-hybridized carbons (Fsp3) is 0.235. The average molecular weight is 367 g/mol. The van der Waals surface area contributed by atoms with Gasteiger partial charge in [-0.25, -0.2) is 8.42 Å². The summed E-state index contributed by atoms with van der Waals surface area (Å²) in [7, 11) is -3.43. The third kappa shape index (κ3) is 4.49. The molecule has 0 aromatic heterocycles. The summed E-state index contributed by atoms with van der Waals surface area (Å²) in [5.74, 6) is -0.299. The summed E-state index contributed by atoms with van der Waals surface area (Å²) in [6.45, 7) is 3.95. The Hall–Kier alpha value is -2.05. The van der Waals surface area contributed by atoms with Gasteiger partial charge in [-0.15, -0.1) is 0 Å². The standard InChI is InChI=1S/C17H19ClN2O3S/c1-4-12-7-5-6-11(2)16(12)19-17(21)13-8-9-15(14(18)10-13)20-24(3,22)23/h5-10,20H,4H2,1-3H3,(H,19,21). The highest BCUT2D eigenvalue weighted by atomic mass is 35.5. The maximum absolute atomic E-state index is 12.5. The molecule has 0 aliphatic heterocycles. The van der Waals surface area contributed by atoms with Crippen LogP contribution >= 0.6 is 11.6 Å². The Bertz CT molecular complexity index is 879. The van der Waals surface area contributed by atoms with E-state index in [0.29, 0.717) is 5.56 Å². The molecular formula is C17H19ClN2O3S. The van der Waals surface area contributed by atoms with Gasteiger partial charge in [0.2, 0.25) is 10.0 Å². The minimum absolute atomic E-state index is 0.161. The first-order valence-corrected chi connectivity index (χ1v) is 9.65. The lowest BCUT2D eigenvalue weighted by atomic mass is 10.1. The van der Waals surface area contributed by atoms with Crippen molar-refractivity contribution in [3.8, 4) is 0 Å². The number of hydrogen-bond donors (Lipinski definition) is 2. The number of carbonyl (C=O) groups excluding carboxylic acids is 1. The van der Waals surface area contributed by atoms with Crippen molar-refractivity contribution in [2.45, 2.75) is 20.3 Å². The molecule has 2 aromatic rings. The molecule has 128 valence electrons. The topological polar surface area (TPSA) is 75.3 Å². The van der Waals surface area contributed by atoms with E-state index in [-0.39, 0.29) is 16.6 Å². The Kier molecular flexibility index (Phi) is 5.51. The van der Waals surface area contributed by atoms with Crippen LogP contribution in [0.15, 0.2) is 36.4 Å². The summed E-state index contributed by atoms with van der Waals surface area (Å²) < 4.78 is 24.8. The number of rotatable bonds is 5. The van der Waals surface area contributed by atoms with E-state index in [1.54, 1.807) is 0 Å². The van der Waals surface area contributed by atoms with Crippen LogP contribution in [-0.4, -0.2) is 20.6 Å². The number of amides is 1. The van der Waals surface area contributed by atoms with E-state index in [1.807, 2.05) is 32.0 Å². The number of carbonyl (C=O) groups is 1. The van der Waals surface area contributed by atoms with Gasteiger partial charge in [0.25, 0.3) is 5.91 Å². The van der Waals surface area contributed by atoms with Gasteiger partial charge in [0.05, 0.1) is 17.0 Å². The molecular weight excluding hydrogens is 348 g/mol. The molecule has 0 bridgehead atoms. The number of hydrogen-bond acceptors (Lipinski definition) is 3. The van der Waals surface area contributed by atoms with Gasteiger partial charge in [-0.2, -0.15) is 0 Å². The number of sulfonamides is 1. The minimum atomic E-state index is -3.43. The van der Waals surface area contributed by atoms with Crippen molar-refractivity contribution in [2.24, 2.45) is 0 Å². The molecule has 2 rings (SSSR count). The zero-order valence-corrected chi connectivity index (χ0v) is 15.3. The predicted molar refractivity (Wildman–Crippen MR) is 98.4 cm³/mol. The van der Waals surface area contributed by atoms with Crippen molar-refractivity contribution >= 4 is 38.9 Å². The van der Waals surface area contributed by atoms with Crippen molar-refractivity contribution in [1.82, 2.24) is 0 Å². The Balaban J connectivity index is 2.27. The van der Waals surface area contributed by atoms with Gasteiger partial charge >= 0.3 is 0 Å². The highest BCUT2D eigenvalue weighted by molar-refractivity contribution is 7.92. The van der Waals surface area contributed by atoms with Crippen molar-refractivity contribution < 1.29 is 13.2 Å². The lowest BCUT2D eigenvalue weighted by Crippen LogP contribution is -2.15. The van der Waals surface area contributed by atoms with Crippen LogP contribution in [0.1, 0.15) is 28.4 Å². The normalized spacial score (nSPS) is 11.2. The van der Waals surface area contributed by atoms with Crippen LogP contribution in [0.4, 0.5) is 11.4 Å². The SMILES string of the molecule is CCc1cccc(C)c1NC(=O)c1ccc(NS(C)(=O)=O)c(Cl)c1. The summed E-state index contributed by atoms with van der Waals surface area (Å²) in [6, 6.07) is 10.3. The zero-order valence-electron chi connectivity index (χ0n) is 13.7. The first-order valence-electron chi connectivity index (χ1n) is 7.38. The Labute approximate surface area is 147 Å². The second-order valence-corrected chi connectivity index (χ2v) is 7.64. The molecule has 0 fully saturated rings. The maximum atomic E-state index is 12.5. The quantitative estimate of drug-likeness (QED) is 0.844. The molecule has 0 aliphatic rings. The van der Waals surface area contributed by atoms with Crippen molar-refractivity contribution in [3.63, 3.8) is 0 Å². The molecule has 0 heterocycles. The van der Waals surface area contributed by atoms with Gasteiger partial charge in [0.1, 0.15) is 0 Å². The first kappa shape index (κ1) is 18.3. The van der Waals surface area contributed by atoms with Crippen LogP contribution in [0.3, 0.4) is 0 Å². The van der Waals surface area contributed by atoms with E-state index in [1.165, 1.54) is 18.2 Å². The molecule has 2 aromatic carbocycles. The van der Waals surface area contributed by atoms with Crippen LogP contribution in [0, 0.1) is 6.92 Å². The van der Waals surface area contributed by atoms with Gasteiger partial charge in [0, 0.05) is 11.3 Å². The first-order chi connectivity index (χ1) is 11.2. The second-order valence-electron chi connectivity index (χ2n) is 5.49. The Morgan fingerprint density at radius 2 is 1.92 bits per heavy atom. The molecule has 24 heavy (non-hydrogen) atoms. The van der Waals surface area contributed by atoms with Gasteiger partial charge in [0.15, 0.2) is 0 Å². The van der Waals surface area contributed by atoms with E-state index in [9.17, 15) is 13.2 Å². The summed E-state index contributed by atoms with van der Waals surface area (Å²) in [4.78, 5) is 12.5. The summed E-state index contributed by atoms with van der Waals surface area (Å²) >= 11 is 6.07. The lowest BCUT2D eigenvalue weighted by molar-refractivity contribution is 0.102. The number of aryl methyl sites for hydroxylation is 2. The minimum Gasteiger partial charge on any atom is -0.321 e. The Morgan fingerprint density at radius 3 is 2.50 bits per heavy atom. The highest BCUT2D eigenvalue weighted by Gasteiger charge is 2.13. The average Bonchev–Trinajstić information content (AvgIpc) is 2.50. The largest absolute Gasteiger partial charge is 0.321 e. The fourth-order valence-electron chi connectivity index (χ4n) is 2.33. The predicted octanol–water partition coefficient (Wildman–Crippen LogP) is 3.83. The van der Waals surface area contributed by atoms with E-state index in [2.05, 4.69) is 10.0 Å². The van der Waals surface area contributed by atoms with Crippen molar-refractivity contribution in [2.75, 3.05) is 16.3 Å². The number of halogens is 1. The molecule has 5 nitrogen and oxygen atoms in total. The smallest absolute Gasteiger partial charge is 0.255 e. The number of nitrogens with one attached hydrogen (secondary N) is 2. The molecule has 0 saturated heterocycles. The fourth-order valence-corrected chi connectivity index (χ4v) is 3.19. The summed E-state index contributed by atoms with van der Waals surface area (Å²) in [6.07, 6.45) is 1.84. The number of benzene rings is 2. The maximum Gasteiger partial charge on any atom is 0.255 e. The van der Waals surface area contributed by atoms with E-state index in [0.717, 1.165) is 29.5 Å². The van der Waals surface area contributed by atoms with E-state index in [4.69, 9.17) is 11.6 Å². The van der Waals surface area contributed by atoms with Crippen LogP contribution < -0.4 is 10.0 Å². The third-order valence-electron chi connectivity index (χ3n) is 3.51. The van der Waals surface area contributed by atoms with Crippen LogP contribution in [0.25, 0.3) is 0 Å². The molecule has 7 heteroatoms. The van der Waals surface area contributed by atoms with Crippen molar-refractivity contribution in [3.05, 3.63) is 58.1 Å². The molecule has 0 aliphatic carbocycles. The highest BCUT2D eigenvalue weighted by Crippen LogP contribution is 2.26. The van der Waals surface area contributed by atoms with Gasteiger partial charge in [-0.3, -0.25) is 9.52 Å². The second kappa shape index (κ2) is 7.23. The molecule has 1 amide bonds. The summed E-state index contributed by atoms with van der Waals surface area (Å²) in [5.41, 5.74) is 3.40. The van der Waals surface area contributed by atoms with Crippen LogP contribution in [0.5, 0.6) is 0 Å². The zero-order chi connectivity index (χ0) is 17.9. The lowest BCUT2D eigenvalue weighted by Gasteiger charge is -2.14. The molecule has 0 radical (unpaired) electrons. The summed E-state index contributed by atoms with van der Waals surface area (Å²) in [5, 5.41) is 3.07. The molecule has 2 N–H and O–H groups in total. The molecule has 0 spiro atoms. The monoisotopic (exact) mass is 366 g/mol. The van der Waals surface area contributed by atoms with Gasteiger partial charge in [-0.05, 0) is 42.7 Å². The van der Waals surface area contributed by atoms with Gasteiger partial charge in [-0.1, -0.05) is 36.7 Å². The molecule has 0 saturated carbocycles. The molecule has 0 atom stereocenters.